The number of carbonyl (C=O) groups excluding carboxylic acids is 3. The number of hydrogen-bond donors (Lipinski definition) is 2. The predicted octanol–water partition coefficient (Wildman–Crippen LogP) is 9.20. The summed E-state index contributed by atoms with van der Waals surface area (Å²) in [6.45, 7) is 16.3. The highest BCUT2D eigenvalue weighted by Crippen LogP contribution is 2.60. The maximum atomic E-state index is 14.1. The topological polar surface area (TPSA) is 180 Å². The first-order valence-electron chi connectivity index (χ1n) is 20.4. The van der Waals surface area contributed by atoms with Crippen molar-refractivity contribution in [1.29, 1.82) is 0 Å². The molecule has 3 aliphatic rings. The number of carboxylic acid groups (broad SMARTS) is 1. The number of nitrogens with zero attached hydrogens (tertiary/aromatic N) is 3. The quantitative estimate of drug-likeness (QED) is 0.0422. The number of rotatable bonds is 20. The van der Waals surface area contributed by atoms with Gasteiger partial charge in [0, 0.05) is 12.4 Å². The Bertz CT molecular complexity index is 1710. The number of esters is 3. The van der Waals surface area contributed by atoms with Crippen LogP contribution in [0, 0.1) is 49.3 Å². The summed E-state index contributed by atoms with van der Waals surface area (Å²) < 4.78 is 25.2. The monoisotopic (exact) mass is 884 g/mol. The zero-order chi connectivity index (χ0) is 42.9. The molecule has 8 unspecified atom stereocenters. The number of carbonyl (C=O) groups is 4. The second-order valence-corrected chi connectivity index (χ2v) is 22.5. The van der Waals surface area contributed by atoms with Crippen LogP contribution in [-0.4, -0.2) is 86.7 Å². The Kier molecular flexibility index (Phi) is 16.9. The van der Waals surface area contributed by atoms with Crippen LogP contribution in [0.5, 0.6) is 0 Å². The molecule has 2 aromatic heterocycles. The average Bonchev–Trinajstić information content (AvgIpc) is 3.98. The summed E-state index contributed by atoms with van der Waals surface area (Å²) in [7, 11) is 0. The zero-order valence-corrected chi connectivity index (χ0v) is 38.9. The molecule has 2 N–H and O–H groups in total. The van der Waals surface area contributed by atoms with E-state index in [1.54, 1.807) is 78.2 Å². The minimum atomic E-state index is -1.54. The molecule has 2 heterocycles. The second-order valence-electron chi connectivity index (χ2n) is 18.8. The van der Waals surface area contributed by atoms with Crippen molar-refractivity contribution in [3.63, 3.8) is 0 Å². The molecule has 0 spiro atoms. The number of aromatic amines is 1. The normalized spacial score (nSPS) is 24.3. The molecule has 0 saturated heterocycles. The van der Waals surface area contributed by atoms with Crippen LogP contribution in [0.4, 0.5) is 0 Å². The molecule has 326 valence electrons. The van der Waals surface area contributed by atoms with Crippen molar-refractivity contribution in [1.82, 2.24) is 20.4 Å². The smallest absolute Gasteiger partial charge is 0.312 e. The summed E-state index contributed by atoms with van der Waals surface area (Å²) in [5.41, 5.74) is -2.61. The van der Waals surface area contributed by atoms with Gasteiger partial charge in [-0.05, 0) is 149 Å². The lowest BCUT2D eigenvalue weighted by Crippen LogP contribution is -2.47. The van der Waals surface area contributed by atoms with Crippen LogP contribution in [0.3, 0.4) is 0 Å². The van der Waals surface area contributed by atoms with Crippen molar-refractivity contribution in [3.05, 3.63) is 15.0 Å². The largest absolute Gasteiger partial charge is 0.481 e. The van der Waals surface area contributed by atoms with Crippen molar-refractivity contribution >= 4 is 70.5 Å². The van der Waals surface area contributed by atoms with E-state index in [0.717, 1.165) is 39.2 Å². The van der Waals surface area contributed by atoms with Gasteiger partial charge in [0.05, 0.1) is 28.3 Å². The first kappa shape index (κ1) is 48.2. The molecule has 0 radical (unpaired) electrons. The van der Waals surface area contributed by atoms with Gasteiger partial charge in [0.1, 0.15) is 29.3 Å². The van der Waals surface area contributed by atoms with Crippen molar-refractivity contribution in [2.45, 2.75) is 143 Å². The Hall–Kier alpha value is -2.47. The molecule has 0 aliphatic heterocycles. The standard InChI is InChI=1S/C39H62N2O9S2.C2H2N2S2/c1-10-37(7,33(46)50-35(2,3)4)22-38(8,30(42)43)23-39(9,32(45)48-17-16-47-15-12-18-51-34-41-40-24-52-34)21-36(5,6)31(44)49-29-20-25-19-28(29)27-14-11-13-26(25)27;5-2-4-3-1-6-2/h24-29H,10-23H2,1-9H3,(H,42,43);1H,(H,4,5). The fourth-order valence-electron chi connectivity index (χ4n) is 9.57. The third-order valence-electron chi connectivity index (χ3n) is 12.1. The van der Waals surface area contributed by atoms with Gasteiger partial charge in [0.25, 0.3) is 0 Å². The molecule has 58 heavy (non-hydrogen) atoms. The molecule has 0 amide bonds. The van der Waals surface area contributed by atoms with E-state index >= 15 is 0 Å². The van der Waals surface area contributed by atoms with Crippen LogP contribution in [0.2, 0.25) is 0 Å². The summed E-state index contributed by atoms with van der Waals surface area (Å²) in [5, 5.41) is 24.8. The van der Waals surface area contributed by atoms with Crippen molar-refractivity contribution < 1.29 is 43.2 Å². The van der Waals surface area contributed by atoms with Crippen molar-refractivity contribution in [3.8, 4) is 0 Å². The third kappa shape index (κ3) is 13.0. The molecule has 3 aliphatic carbocycles. The summed E-state index contributed by atoms with van der Waals surface area (Å²) in [4.78, 5) is 54.7. The van der Waals surface area contributed by atoms with Crippen LogP contribution in [0.1, 0.15) is 127 Å². The van der Waals surface area contributed by atoms with E-state index in [4.69, 9.17) is 18.9 Å². The highest BCUT2D eigenvalue weighted by atomic mass is 32.2. The molecule has 2 aromatic rings. The van der Waals surface area contributed by atoms with Crippen LogP contribution < -0.4 is 0 Å². The number of nitrogens with one attached hydrogen (secondary N) is 1. The lowest BCUT2D eigenvalue weighted by molar-refractivity contribution is -0.175. The number of carboxylic acids is 1. The fraction of sp³-hybridized carbons (Fsp3) is 0.805. The number of aromatic nitrogens is 4. The molecular weight excluding hydrogens is 821 g/mol. The van der Waals surface area contributed by atoms with E-state index in [1.807, 2.05) is 6.92 Å². The number of hydrogen-bond acceptors (Lipinski definition) is 15. The maximum absolute atomic E-state index is 14.1. The van der Waals surface area contributed by atoms with Gasteiger partial charge >= 0.3 is 23.9 Å². The van der Waals surface area contributed by atoms with E-state index in [1.165, 1.54) is 41.9 Å². The van der Waals surface area contributed by atoms with Crippen LogP contribution in [0.25, 0.3) is 0 Å². The molecule has 3 fully saturated rings. The molecule has 0 aromatic carbocycles. The second kappa shape index (κ2) is 20.4. The Labute approximate surface area is 360 Å². The lowest BCUT2D eigenvalue weighted by atomic mass is 9.61. The van der Waals surface area contributed by atoms with Crippen molar-refractivity contribution in [2.75, 3.05) is 25.6 Å². The highest BCUT2D eigenvalue weighted by Gasteiger charge is 2.57. The number of fused-ring (bicyclic) bond motifs is 5. The molecule has 8 atom stereocenters. The van der Waals surface area contributed by atoms with Gasteiger partial charge in [-0.25, -0.2) is 0 Å². The van der Waals surface area contributed by atoms with E-state index in [9.17, 15) is 24.3 Å². The zero-order valence-electron chi connectivity index (χ0n) is 35.6. The molecule has 2 bridgehead atoms. The lowest BCUT2D eigenvalue weighted by Gasteiger charge is -2.42. The summed E-state index contributed by atoms with van der Waals surface area (Å²) in [5.74, 6) is 0.600. The van der Waals surface area contributed by atoms with Gasteiger partial charge in [-0.2, -0.15) is 5.10 Å². The van der Waals surface area contributed by atoms with E-state index in [0.29, 0.717) is 30.8 Å². The minimum absolute atomic E-state index is 0.00632. The van der Waals surface area contributed by atoms with Crippen LogP contribution in [0.15, 0.2) is 15.4 Å². The average molecular weight is 885 g/mol. The van der Waals surface area contributed by atoms with Crippen LogP contribution in [-0.2, 0) is 38.1 Å². The first-order valence-corrected chi connectivity index (χ1v) is 23.6. The molecule has 3 saturated carbocycles. The van der Waals surface area contributed by atoms with E-state index in [-0.39, 0.29) is 44.5 Å². The Balaban J connectivity index is 0.00000113. The van der Waals surface area contributed by atoms with Gasteiger partial charge in [0.2, 0.25) is 0 Å². The van der Waals surface area contributed by atoms with Gasteiger partial charge in [-0.15, -0.1) is 10.2 Å². The predicted molar refractivity (Wildman–Crippen MR) is 227 cm³/mol. The summed E-state index contributed by atoms with van der Waals surface area (Å²) >= 11 is 9.16. The molecule has 13 nitrogen and oxygen atoms in total. The molecule has 5 rings (SSSR count). The van der Waals surface area contributed by atoms with Gasteiger partial charge < -0.3 is 24.1 Å². The minimum Gasteiger partial charge on any atom is -0.481 e. The first-order chi connectivity index (χ1) is 27.1. The SMILES string of the molecule is CCC(C)(CC(C)(CC(C)(CC(C)(C)C(=O)OC1CC2CC1C1CCCC21)C(=O)OCCOCCCSc1nncs1)C(=O)O)C(=O)OC(C)(C)C.S=c1[nH]ncs1. The van der Waals surface area contributed by atoms with E-state index < -0.39 is 45.2 Å². The highest BCUT2D eigenvalue weighted by molar-refractivity contribution is 8.00. The van der Waals surface area contributed by atoms with E-state index in [2.05, 4.69) is 32.6 Å². The Morgan fingerprint density at radius 2 is 1.57 bits per heavy atom. The Morgan fingerprint density at radius 3 is 2.16 bits per heavy atom. The third-order valence-corrected chi connectivity index (χ3v) is 14.9. The van der Waals surface area contributed by atoms with Gasteiger partial charge in [-0.1, -0.05) is 47.8 Å². The summed E-state index contributed by atoms with van der Waals surface area (Å²) in [6, 6.07) is 0. The molecular formula is C41H64N4O9S4. The van der Waals surface area contributed by atoms with Gasteiger partial charge in [-0.3, -0.25) is 24.3 Å². The van der Waals surface area contributed by atoms with Crippen LogP contribution >= 0.6 is 46.7 Å². The number of thioether (sulfide) groups is 1. The summed E-state index contributed by atoms with van der Waals surface area (Å²) in [6.07, 6.45) is 6.51. The number of aliphatic carboxylic acids is 1. The number of ether oxygens (including phenoxy) is 4. The molecule has 17 heteroatoms. The number of H-pyrrole nitrogens is 1. The van der Waals surface area contributed by atoms with Gasteiger partial charge in [0.15, 0.2) is 8.29 Å². The van der Waals surface area contributed by atoms with Crippen molar-refractivity contribution in [2.24, 2.45) is 45.3 Å². The maximum Gasteiger partial charge on any atom is 0.312 e. The Morgan fingerprint density at radius 1 is 0.862 bits per heavy atom. The fourth-order valence-corrected chi connectivity index (χ4v) is 11.5.